The first kappa shape index (κ1) is 24.8. The number of para-hydroxylation sites is 2. The summed E-state index contributed by atoms with van der Waals surface area (Å²) in [6, 6.07) is 27.8. The Kier molecular flexibility index (Phi) is 6.43. The van der Waals surface area contributed by atoms with Gasteiger partial charge in [-0.2, -0.15) is 15.1 Å². The number of nitro benzene ring substituents is 1. The number of nitrogens with one attached hydrogen (secondary N) is 1. The number of nitro groups is 1. The lowest BCUT2D eigenvalue weighted by Gasteiger charge is -2.17. The van der Waals surface area contributed by atoms with E-state index in [2.05, 4.69) is 20.5 Å². The van der Waals surface area contributed by atoms with Crippen LogP contribution in [0, 0.1) is 10.1 Å². The van der Waals surface area contributed by atoms with Crippen molar-refractivity contribution in [2.75, 3.05) is 5.43 Å². The van der Waals surface area contributed by atoms with Gasteiger partial charge in [0.2, 0.25) is 5.95 Å². The third-order valence-electron chi connectivity index (χ3n) is 6.13. The predicted octanol–water partition coefficient (Wildman–Crippen LogP) is 6.00. The lowest BCUT2D eigenvalue weighted by Crippen LogP contribution is -2.17. The molecule has 2 aromatic heterocycles. The van der Waals surface area contributed by atoms with E-state index < -0.39 is 4.92 Å². The first-order chi connectivity index (χ1) is 19.5. The molecule has 0 aliphatic carbocycles. The Morgan fingerprint density at radius 1 is 0.875 bits per heavy atom. The van der Waals surface area contributed by atoms with Gasteiger partial charge < -0.3 is 0 Å². The van der Waals surface area contributed by atoms with Crippen molar-refractivity contribution in [3.05, 3.63) is 128 Å². The van der Waals surface area contributed by atoms with Crippen LogP contribution in [0.2, 0.25) is 5.02 Å². The second-order valence-electron chi connectivity index (χ2n) is 8.71. The number of non-ortho nitro benzene ring substituents is 1. The molecule has 0 spiro atoms. The maximum Gasteiger partial charge on any atom is 0.281 e. The van der Waals surface area contributed by atoms with E-state index in [0.717, 1.165) is 5.39 Å². The summed E-state index contributed by atoms with van der Waals surface area (Å²) in [5.74, 6) is 1.01. The highest BCUT2D eigenvalue weighted by Gasteiger charge is 2.18. The average molecular weight is 548 g/mol. The van der Waals surface area contributed by atoms with Crippen molar-refractivity contribution >= 4 is 51.3 Å². The van der Waals surface area contributed by atoms with Gasteiger partial charge >= 0.3 is 0 Å². The normalized spacial score (nSPS) is 11.3. The molecule has 0 fully saturated rings. The van der Waals surface area contributed by atoms with Crippen LogP contribution in [0.4, 0.5) is 11.6 Å². The van der Waals surface area contributed by atoms with E-state index in [9.17, 15) is 14.9 Å². The Morgan fingerprint density at radius 3 is 2.48 bits per heavy atom. The lowest BCUT2D eigenvalue weighted by molar-refractivity contribution is -0.384. The third kappa shape index (κ3) is 4.74. The van der Waals surface area contributed by atoms with Crippen LogP contribution in [0.15, 0.2) is 107 Å². The molecule has 4 aromatic carbocycles. The second-order valence-corrected chi connectivity index (χ2v) is 9.15. The molecular formula is C29H18ClN7O3. The number of benzene rings is 4. The third-order valence-corrected chi connectivity index (χ3v) is 6.37. The van der Waals surface area contributed by atoms with Crippen molar-refractivity contribution in [2.45, 2.75) is 0 Å². The number of fused-ring (bicyclic) bond motifs is 2. The number of anilines is 1. The summed E-state index contributed by atoms with van der Waals surface area (Å²) in [7, 11) is 0. The molecule has 2 heterocycles. The minimum absolute atomic E-state index is 0.0423. The van der Waals surface area contributed by atoms with Crippen molar-refractivity contribution in [3.63, 3.8) is 0 Å². The molecule has 1 N–H and O–H groups in total. The zero-order chi connectivity index (χ0) is 27.6. The van der Waals surface area contributed by atoms with Crippen LogP contribution in [0.3, 0.4) is 0 Å². The number of rotatable bonds is 6. The first-order valence-electron chi connectivity index (χ1n) is 12.1. The SMILES string of the molecule is O=c1nc(-c2cccc(Cl)c2)n(-c2nc(N/N=C/c3cccc([N+](=O)[O-])c3)nc3ccccc23)c2ccccc12. The summed E-state index contributed by atoms with van der Waals surface area (Å²) >= 11 is 6.30. The lowest BCUT2D eigenvalue weighted by atomic mass is 10.1. The highest BCUT2D eigenvalue weighted by Crippen LogP contribution is 2.30. The van der Waals surface area contributed by atoms with Crippen molar-refractivity contribution < 1.29 is 4.92 Å². The Bertz CT molecular complexity index is 2020. The number of hydrogen-bond acceptors (Lipinski definition) is 8. The fourth-order valence-corrected chi connectivity index (χ4v) is 4.56. The minimum Gasteiger partial charge on any atom is -0.277 e. The standard InChI is InChI=1S/C29H18ClN7O3/c30-20-9-6-8-19(16-20)26-33-28(38)23-12-2-4-14-25(23)36(26)27-22-11-1-3-13-24(22)32-29(34-27)35-31-17-18-7-5-10-21(15-18)37(39)40/h1-17H,(H,32,34,35)/b31-17+. The Labute approximate surface area is 231 Å². The summed E-state index contributed by atoms with van der Waals surface area (Å²) in [6.07, 6.45) is 1.44. The molecule has 0 atom stereocenters. The van der Waals surface area contributed by atoms with Gasteiger partial charge in [-0.3, -0.25) is 19.5 Å². The van der Waals surface area contributed by atoms with Gasteiger partial charge in [0.1, 0.15) is 5.82 Å². The Morgan fingerprint density at radius 2 is 1.65 bits per heavy atom. The highest BCUT2D eigenvalue weighted by molar-refractivity contribution is 6.30. The van der Waals surface area contributed by atoms with Gasteiger partial charge in [-0.1, -0.05) is 60.1 Å². The predicted molar refractivity (Wildman–Crippen MR) is 155 cm³/mol. The number of hydrogen-bond donors (Lipinski definition) is 1. The number of halogens is 1. The van der Waals surface area contributed by atoms with E-state index in [0.29, 0.717) is 44.2 Å². The van der Waals surface area contributed by atoms with E-state index in [1.54, 1.807) is 42.5 Å². The topological polar surface area (TPSA) is 128 Å². The largest absolute Gasteiger partial charge is 0.281 e. The van der Waals surface area contributed by atoms with Gasteiger partial charge in [-0.15, -0.1) is 0 Å². The molecule has 0 amide bonds. The van der Waals surface area contributed by atoms with Crippen LogP contribution in [0.5, 0.6) is 0 Å². The van der Waals surface area contributed by atoms with E-state index in [-0.39, 0.29) is 17.2 Å². The van der Waals surface area contributed by atoms with Crippen molar-refractivity contribution in [1.82, 2.24) is 19.5 Å². The monoisotopic (exact) mass is 547 g/mol. The molecule has 0 saturated carbocycles. The van der Waals surface area contributed by atoms with E-state index >= 15 is 0 Å². The summed E-state index contributed by atoms with van der Waals surface area (Å²) in [6.45, 7) is 0. The van der Waals surface area contributed by atoms with Gasteiger partial charge in [0.05, 0.1) is 27.6 Å². The highest BCUT2D eigenvalue weighted by atomic mass is 35.5. The number of hydrazone groups is 1. The molecule has 40 heavy (non-hydrogen) atoms. The summed E-state index contributed by atoms with van der Waals surface area (Å²) in [4.78, 5) is 37.5. The van der Waals surface area contributed by atoms with E-state index in [1.165, 1.54) is 18.3 Å². The zero-order valence-electron chi connectivity index (χ0n) is 20.6. The molecule has 6 rings (SSSR count). The number of nitrogens with zero attached hydrogens (tertiary/aromatic N) is 6. The van der Waals surface area contributed by atoms with Crippen molar-refractivity contribution in [3.8, 4) is 17.2 Å². The second kappa shape index (κ2) is 10.4. The van der Waals surface area contributed by atoms with Gasteiger partial charge in [0.15, 0.2) is 5.82 Å². The van der Waals surface area contributed by atoms with Crippen molar-refractivity contribution in [1.29, 1.82) is 0 Å². The molecule has 194 valence electrons. The average Bonchev–Trinajstić information content (AvgIpc) is 2.97. The molecule has 0 unspecified atom stereocenters. The van der Waals surface area contributed by atoms with Crippen LogP contribution >= 0.6 is 11.6 Å². The Balaban J connectivity index is 1.54. The quantitative estimate of drug-likeness (QED) is 0.154. The molecule has 0 bridgehead atoms. The van der Waals surface area contributed by atoms with Crippen LogP contribution in [-0.2, 0) is 0 Å². The molecule has 10 nitrogen and oxygen atoms in total. The summed E-state index contributed by atoms with van der Waals surface area (Å²) < 4.78 is 1.81. The summed E-state index contributed by atoms with van der Waals surface area (Å²) in [5.41, 5.74) is 4.81. The number of aromatic nitrogens is 4. The molecular weight excluding hydrogens is 530 g/mol. The first-order valence-corrected chi connectivity index (χ1v) is 12.4. The van der Waals surface area contributed by atoms with Gasteiger partial charge in [-0.25, -0.2) is 10.4 Å². The molecule has 0 aliphatic rings. The van der Waals surface area contributed by atoms with Crippen molar-refractivity contribution in [2.24, 2.45) is 5.10 Å². The molecule has 0 saturated heterocycles. The van der Waals surface area contributed by atoms with Gasteiger partial charge in [0.25, 0.3) is 11.2 Å². The fraction of sp³-hybridized carbons (Fsp3) is 0. The fourth-order valence-electron chi connectivity index (χ4n) is 4.37. The zero-order valence-corrected chi connectivity index (χ0v) is 21.4. The van der Waals surface area contributed by atoms with E-state index in [1.807, 2.05) is 47.0 Å². The maximum absolute atomic E-state index is 13.1. The summed E-state index contributed by atoms with van der Waals surface area (Å²) in [5, 5.41) is 16.9. The smallest absolute Gasteiger partial charge is 0.277 e. The van der Waals surface area contributed by atoms with Crippen LogP contribution in [-0.4, -0.2) is 30.7 Å². The molecule has 11 heteroatoms. The van der Waals surface area contributed by atoms with Gasteiger partial charge in [0, 0.05) is 33.7 Å². The minimum atomic E-state index is -0.469. The maximum atomic E-state index is 13.1. The van der Waals surface area contributed by atoms with Crippen LogP contribution in [0.1, 0.15) is 5.56 Å². The molecule has 0 aliphatic heterocycles. The van der Waals surface area contributed by atoms with Crippen LogP contribution < -0.4 is 11.0 Å². The van der Waals surface area contributed by atoms with Gasteiger partial charge in [-0.05, 0) is 36.4 Å². The Hall–Kier alpha value is -5.48. The van der Waals surface area contributed by atoms with E-state index in [4.69, 9.17) is 16.6 Å². The molecule has 6 aromatic rings. The molecule has 0 radical (unpaired) electrons. The van der Waals surface area contributed by atoms with Crippen LogP contribution in [0.25, 0.3) is 39.0 Å².